The maximum Gasteiger partial charge on any atom is 0.216 e. The lowest BCUT2D eigenvalue weighted by Gasteiger charge is -2.10. The second kappa shape index (κ2) is 5.69. The molecule has 0 saturated carbocycles. The summed E-state index contributed by atoms with van der Waals surface area (Å²) in [5.74, 6) is -0.0316. The van der Waals surface area contributed by atoms with Crippen molar-refractivity contribution >= 4 is 34.1 Å². The Morgan fingerprint density at radius 2 is 2.17 bits per heavy atom. The summed E-state index contributed by atoms with van der Waals surface area (Å²) in [6.45, 7) is 2.72. The fourth-order valence-corrected chi connectivity index (χ4v) is 1.93. The molecule has 1 heterocycles. The van der Waals surface area contributed by atoms with Crippen LogP contribution in [0.2, 0.25) is 5.02 Å². The van der Waals surface area contributed by atoms with Crippen LogP contribution in [0.15, 0.2) is 30.5 Å². The summed E-state index contributed by atoms with van der Waals surface area (Å²) in [6.07, 6.45) is 1.73. The average molecular weight is 264 g/mol. The first kappa shape index (κ1) is 12.6. The van der Waals surface area contributed by atoms with Gasteiger partial charge in [-0.1, -0.05) is 11.6 Å². The Morgan fingerprint density at radius 1 is 1.33 bits per heavy atom. The van der Waals surface area contributed by atoms with Crippen LogP contribution in [0.1, 0.15) is 6.92 Å². The van der Waals surface area contributed by atoms with Gasteiger partial charge in [-0.2, -0.15) is 0 Å². The van der Waals surface area contributed by atoms with Crippen LogP contribution in [0, 0.1) is 0 Å². The number of carbonyl (C=O) groups excluding carboxylic acids is 1. The number of hydrogen-bond acceptors (Lipinski definition) is 3. The zero-order valence-electron chi connectivity index (χ0n) is 10.0. The van der Waals surface area contributed by atoms with Gasteiger partial charge in [-0.15, -0.1) is 0 Å². The Bertz CT molecular complexity index is 571. The highest BCUT2D eigenvalue weighted by atomic mass is 35.5. The lowest BCUT2D eigenvalue weighted by molar-refractivity contribution is -0.118. The number of halogens is 1. The summed E-state index contributed by atoms with van der Waals surface area (Å²) in [5.41, 5.74) is 1.76. The minimum atomic E-state index is -0.0316. The van der Waals surface area contributed by atoms with Gasteiger partial charge in [-0.25, -0.2) is 0 Å². The van der Waals surface area contributed by atoms with Crippen molar-refractivity contribution in [2.24, 2.45) is 0 Å². The molecule has 0 aliphatic heterocycles. The van der Waals surface area contributed by atoms with E-state index in [9.17, 15) is 4.79 Å². The van der Waals surface area contributed by atoms with E-state index in [2.05, 4.69) is 15.6 Å². The summed E-state index contributed by atoms with van der Waals surface area (Å²) in [6, 6.07) is 7.52. The SMILES string of the molecule is CC(=O)NCCNc1ccc(Cl)c2cccnc12. The third-order valence-corrected chi connectivity index (χ3v) is 2.86. The van der Waals surface area contributed by atoms with Gasteiger partial charge in [0.15, 0.2) is 0 Å². The van der Waals surface area contributed by atoms with Crippen molar-refractivity contribution in [3.8, 4) is 0 Å². The number of anilines is 1. The smallest absolute Gasteiger partial charge is 0.216 e. The van der Waals surface area contributed by atoms with Gasteiger partial charge in [-0.3, -0.25) is 9.78 Å². The maximum absolute atomic E-state index is 10.7. The molecule has 2 aromatic rings. The number of aromatic nitrogens is 1. The summed E-state index contributed by atoms with van der Waals surface area (Å²) >= 11 is 6.11. The van der Waals surface area contributed by atoms with E-state index < -0.39 is 0 Å². The zero-order chi connectivity index (χ0) is 13.0. The number of rotatable bonds is 4. The quantitative estimate of drug-likeness (QED) is 0.833. The lowest BCUT2D eigenvalue weighted by atomic mass is 10.2. The number of nitrogens with one attached hydrogen (secondary N) is 2. The van der Waals surface area contributed by atoms with E-state index in [0.29, 0.717) is 18.1 Å². The van der Waals surface area contributed by atoms with Gasteiger partial charge in [0, 0.05) is 31.6 Å². The average Bonchev–Trinajstić information content (AvgIpc) is 2.37. The molecule has 0 spiro atoms. The molecule has 2 rings (SSSR count). The van der Waals surface area contributed by atoms with Crippen molar-refractivity contribution in [3.63, 3.8) is 0 Å². The van der Waals surface area contributed by atoms with Crippen LogP contribution >= 0.6 is 11.6 Å². The summed E-state index contributed by atoms with van der Waals surface area (Å²) < 4.78 is 0. The molecule has 0 bridgehead atoms. The highest BCUT2D eigenvalue weighted by molar-refractivity contribution is 6.35. The molecule has 0 saturated heterocycles. The second-order valence-corrected chi connectivity index (χ2v) is 4.31. The molecular weight excluding hydrogens is 250 g/mol. The fraction of sp³-hybridized carbons (Fsp3) is 0.231. The van der Waals surface area contributed by atoms with Gasteiger partial charge < -0.3 is 10.6 Å². The van der Waals surface area contributed by atoms with Gasteiger partial charge in [0.2, 0.25) is 5.91 Å². The first-order valence-corrected chi connectivity index (χ1v) is 6.08. The second-order valence-electron chi connectivity index (χ2n) is 3.90. The number of benzene rings is 1. The van der Waals surface area contributed by atoms with Crippen LogP contribution in [-0.4, -0.2) is 24.0 Å². The molecule has 4 nitrogen and oxygen atoms in total. The largest absolute Gasteiger partial charge is 0.382 e. The van der Waals surface area contributed by atoms with E-state index in [4.69, 9.17) is 11.6 Å². The van der Waals surface area contributed by atoms with Crippen molar-refractivity contribution < 1.29 is 4.79 Å². The van der Waals surface area contributed by atoms with E-state index in [1.54, 1.807) is 6.20 Å². The Kier molecular flexibility index (Phi) is 3.99. The first-order valence-electron chi connectivity index (χ1n) is 5.70. The summed E-state index contributed by atoms with van der Waals surface area (Å²) in [5, 5.41) is 7.57. The minimum Gasteiger partial charge on any atom is -0.382 e. The van der Waals surface area contributed by atoms with Crippen LogP contribution in [0.4, 0.5) is 5.69 Å². The molecule has 2 N–H and O–H groups in total. The topological polar surface area (TPSA) is 54.0 Å². The lowest BCUT2D eigenvalue weighted by Crippen LogP contribution is -2.26. The third-order valence-electron chi connectivity index (χ3n) is 2.53. The fourth-order valence-electron chi connectivity index (χ4n) is 1.72. The van der Waals surface area contributed by atoms with Crippen molar-refractivity contribution in [1.82, 2.24) is 10.3 Å². The van der Waals surface area contributed by atoms with Crippen LogP contribution in [0.5, 0.6) is 0 Å². The molecule has 0 aliphatic rings. The summed E-state index contributed by atoms with van der Waals surface area (Å²) in [4.78, 5) is 15.1. The first-order chi connectivity index (χ1) is 8.68. The standard InChI is InChI=1S/C13H14ClN3O/c1-9(18)15-7-8-16-12-5-4-11(14)10-3-2-6-17-13(10)12/h2-6,16H,7-8H2,1H3,(H,15,18). The van der Waals surface area contributed by atoms with Crippen LogP contribution in [0.25, 0.3) is 10.9 Å². The van der Waals surface area contributed by atoms with Crippen LogP contribution in [-0.2, 0) is 4.79 Å². The number of hydrogen-bond donors (Lipinski definition) is 2. The van der Waals surface area contributed by atoms with Crippen molar-refractivity contribution in [2.75, 3.05) is 18.4 Å². The van der Waals surface area contributed by atoms with Crippen molar-refractivity contribution in [1.29, 1.82) is 0 Å². The molecule has 0 atom stereocenters. The van der Waals surface area contributed by atoms with Crippen LogP contribution in [0.3, 0.4) is 0 Å². The molecule has 0 aliphatic carbocycles. The minimum absolute atomic E-state index is 0.0316. The molecule has 1 aromatic carbocycles. The molecule has 5 heteroatoms. The van der Waals surface area contributed by atoms with Crippen molar-refractivity contribution in [2.45, 2.75) is 6.92 Å². The normalized spacial score (nSPS) is 10.3. The number of pyridine rings is 1. The highest BCUT2D eigenvalue weighted by Crippen LogP contribution is 2.27. The van der Waals surface area contributed by atoms with Gasteiger partial charge in [-0.05, 0) is 24.3 Å². The monoisotopic (exact) mass is 263 g/mol. The van der Waals surface area contributed by atoms with Gasteiger partial charge in [0.1, 0.15) is 0 Å². The molecular formula is C13H14ClN3O. The zero-order valence-corrected chi connectivity index (χ0v) is 10.8. The molecule has 18 heavy (non-hydrogen) atoms. The highest BCUT2D eigenvalue weighted by Gasteiger charge is 2.04. The number of fused-ring (bicyclic) bond motifs is 1. The third kappa shape index (κ3) is 2.90. The number of amides is 1. The predicted octanol–water partition coefficient (Wildman–Crippen LogP) is 2.44. The Balaban J connectivity index is 2.14. The van der Waals surface area contributed by atoms with Crippen molar-refractivity contribution in [3.05, 3.63) is 35.5 Å². The molecule has 1 aromatic heterocycles. The van der Waals surface area contributed by atoms with Gasteiger partial charge in [0.05, 0.1) is 16.2 Å². The molecule has 0 unspecified atom stereocenters. The molecule has 0 radical (unpaired) electrons. The molecule has 0 fully saturated rings. The van der Waals surface area contributed by atoms with E-state index in [-0.39, 0.29) is 5.91 Å². The molecule has 1 amide bonds. The Morgan fingerprint density at radius 3 is 2.94 bits per heavy atom. The van der Waals surface area contributed by atoms with Crippen LogP contribution < -0.4 is 10.6 Å². The number of nitrogens with zero attached hydrogens (tertiary/aromatic N) is 1. The van der Waals surface area contributed by atoms with Gasteiger partial charge >= 0.3 is 0 Å². The number of carbonyl (C=O) groups is 1. The maximum atomic E-state index is 10.7. The summed E-state index contributed by atoms with van der Waals surface area (Å²) in [7, 11) is 0. The van der Waals surface area contributed by atoms with E-state index in [1.807, 2.05) is 24.3 Å². The Hall–Kier alpha value is -1.81. The van der Waals surface area contributed by atoms with E-state index in [0.717, 1.165) is 16.6 Å². The van der Waals surface area contributed by atoms with Gasteiger partial charge in [0.25, 0.3) is 0 Å². The van der Waals surface area contributed by atoms with E-state index in [1.165, 1.54) is 6.92 Å². The molecule has 94 valence electrons. The predicted molar refractivity (Wildman–Crippen MR) is 73.9 cm³/mol. The Labute approximate surface area is 110 Å². The van der Waals surface area contributed by atoms with E-state index >= 15 is 0 Å².